The third-order valence-corrected chi connectivity index (χ3v) is 8.30. The number of amides is 3. The number of piperidine rings is 1. The number of aryl methyl sites for hydroxylation is 1. The molecular formula is C30H29F2N5O4S. The number of oxime groups is 1. The van der Waals surface area contributed by atoms with E-state index >= 15 is 8.78 Å². The maximum absolute atomic E-state index is 15.7. The van der Waals surface area contributed by atoms with Crippen molar-refractivity contribution in [1.82, 2.24) is 9.88 Å². The highest BCUT2D eigenvalue weighted by Crippen LogP contribution is 2.44. The Morgan fingerprint density at radius 3 is 2.48 bits per heavy atom. The highest BCUT2D eigenvalue weighted by atomic mass is 32.1. The summed E-state index contributed by atoms with van der Waals surface area (Å²) in [6.07, 6.45) is 1.10. The maximum atomic E-state index is 15.7. The number of nitrogens with two attached hydrogens (primary N) is 1. The summed E-state index contributed by atoms with van der Waals surface area (Å²) in [6, 6.07) is 15.9. The third-order valence-electron chi connectivity index (χ3n) is 7.11. The largest absolute Gasteiger partial charge is 0.386 e. The first-order valence-electron chi connectivity index (χ1n) is 13.4. The van der Waals surface area contributed by atoms with Crippen LogP contribution in [0.3, 0.4) is 0 Å². The van der Waals surface area contributed by atoms with Gasteiger partial charge < -0.3 is 20.4 Å². The van der Waals surface area contributed by atoms with Gasteiger partial charge in [0.05, 0.1) is 17.1 Å². The van der Waals surface area contributed by atoms with Gasteiger partial charge in [0.25, 0.3) is 17.7 Å². The fourth-order valence-electron chi connectivity index (χ4n) is 4.94. The molecule has 2 N–H and O–H groups in total. The van der Waals surface area contributed by atoms with E-state index in [1.165, 1.54) is 27.2 Å². The molecule has 0 bridgehead atoms. The summed E-state index contributed by atoms with van der Waals surface area (Å²) in [5, 5.41) is 4.55. The summed E-state index contributed by atoms with van der Waals surface area (Å²) in [6.45, 7) is 1.67. The molecule has 5 rings (SSSR count). The van der Waals surface area contributed by atoms with Crippen molar-refractivity contribution in [2.45, 2.75) is 32.1 Å². The van der Waals surface area contributed by atoms with Gasteiger partial charge in [-0.05, 0) is 13.0 Å². The normalized spacial score (nSPS) is 17.4. The van der Waals surface area contributed by atoms with E-state index in [2.05, 4.69) is 10.1 Å². The van der Waals surface area contributed by atoms with E-state index in [9.17, 15) is 14.4 Å². The number of para-hydroxylation sites is 1. The monoisotopic (exact) mass is 593 g/mol. The molecule has 2 aliphatic rings. The minimum absolute atomic E-state index is 0.131. The minimum Gasteiger partial charge on any atom is -0.386 e. The van der Waals surface area contributed by atoms with E-state index in [1.807, 2.05) is 30.3 Å². The SMILES string of the molecule is Cc1nc(-c2ccccc2)sc1C(=O)N1CCC(F)(F)/C(=C\C(=O)N2CCC(=NOCC(N)=O)CC2)c2ccccc21. The molecule has 3 heterocycles. The highest BCUT2D eigenvalue weighted by Gasteiger charge is 2.42. The summed E-state index contributed by atoms with van der Waals surface area (Å²) >= 11 is 1.23. The van der Waals surface area contributed by atoms with E-state index in [-0.39, 0.29) is 31.8 Å². The van der Waals surface area contributed by atoms with Crippen LogP contribution >= 0.6 is 11.3 Å². The van der Waals surface area contributed by atoms with Crippen LogP contribution in [-0.4, -0.2) is 65.5 Å². The molecule has 2 aromatic carbocycles. The molecule has 2 aliphatic heterocycles. The van der Waals surface area contributed by atoms with Gasteiger partial charge in [0.15, 0.2) is 6.61 Å². The molecule has 3 aromatic rings. The first kappa shape index (κ1) is 29.1. The van der Waals surface area contributed by atoms with Gasteiger partial charge in [0.2, 0.25) is 5.91 Å². The number of primary amides is 1. The predicted octanol–water partition coefficient (Wildman–Crippen LogP) is 4.67. The fraction of sp³-hybridized carbons (Fsp3) is 0.300. The number of anilines is 1. The molecule has 0 radical (unpaired) electrons. The second kappa shape index (κ2) is 12.2. The number of thiazole rings is 1. The van der Waals surface area contributed by atoms with Crippen LogP contribution in [0.5, 0.6) is 0 Å². The fourth-order valence-corrected chi connectivity index (χ4v) is 5.96. The van der Waals surface area contributed by atoms with Gasteiger partial charge in [-0.3, -0.25) is 14.4 Å². The number of hydrogen-bond donors (Lipinski definition) is 1. The first-order chi connectivity index (χ1) is 20.1. The molecular weight excluding hydrogens is 564 g/mol. The molecule has 1 fully saturated rings. The van der Waals surface area contributed by atoms with Crippen molar-refractivity contribution in [3.8, 4) is 10.6 Å². The molecule has 3 amide bonds. The van der Waals surface area contributed by atoms with Crippen LogP contribution in [0.15, 0.2) is 65.8 Å². The quantitative estimate of drug-likeness (QED) is 0.329. The molecule has 1 aromatic heterocycles. The molecule has 9 nitrogen and oxygen atoms in total. The van der Waals surface area contributed by atoms with Gasteiger partial charge in [-0.2, -0.15) is 0 Å². The lowest BCUT2D eigenvalue weighted by molar-refractivity contribution is -0.126. The van der Waals surface area contributed by atoms with Gasteiger partial charge in [-0.1, -0.05) is 53.7 Å². The van der Waals surface area contributed by atoms with Gasteiger partial charge in [-0.15, -0.1) is 11.3 Å². The Balaban J connectivity index is 1.41. The Labute approximate surface area is 245 Å². The van der Waals surface area contributed by atoms with Crippen molar-refractivity contribution in [3.05, 3.63) is 76.8 Å². The number of nitrogens with zero attached hydrogens (tertiary/aromatic N) is 4. The number of aromatic nitrogens is 1. The van der Waals surface area contributed by atoms with Gasteiger partial charge in [-0.25, -0.2) is 13.8 Å². The number of halogens is 2. The van der Waals surface area contributed by atoms with Crippen molar-refractivity contribution in [2.24, 2.45) is 10.9 Å². The van der Waals surface area contributed by atoms with E-state index in [4.69, 9.17) is 10.6 Å². The number of fused-ring (bicyclic) bond motifs is 1. The number of alkyl halides is 2. The zero-order valence-electron chi connectivity index (χ0n) is 22.9. The Morgan fingerprint density at radius 1 is 1.07 bits per heavy atom. The smallest absolute Gasteiger partial charge is 0.275 e. The van der Waals surface area contributed by atoms with Crippen LogP contribution in [-0.2, 0) is 14.4 Å². The molecule has 42 heavy (non-hydrogen) atoms. The summed E-state index contributed by atoms with van der Waals surface area (Å²) < 4.78 is 31.4. The molecule has 0 unspecified atom stereocenters. The predicted molar refractivity (Wildman–Crippen MR) is 156 cm³/mol. The van der Waals surface area contributed by atoms with Crippen LogP contribution in [0.25, 0.3) is 16.1 Å². The highest BCUT2D eigenvalue weighted by molar-refractivity contribution is 7.17. The van der Waals surface area contributed by atoms with Crippen molar-refractivity contribution < 1.29 is 28.0 Å². The molecule has 1 saturated heterocycles. The maximum Gasteiger partial charge on any atom is 0.275 e. The lowest BCUT2D eigenvalue weighted by Gasteiger charge is -2.27. The van der Waals surface area contributed by atoms with Crippen LogP contribution in [0, 0.1) is 6.92 Å². The molecule has 0 saturated carbocycles. The number of benzene rings is 2. The number of carbonyl (C=O) groups is 3. The summed E-state index contributed by atoms with van der Waals surface area (Å²) in [5.41, 5.74) is 7.10. The molecule has 0 spiro atoms. The van der Waals surface area contributed by atoms with E-state index in [0.29, 0.717) is 39.8 Å². The molecule has 12 heteroatoms. The van der Waals surface area contributed by atoms with Crippen molar-refractivity contribution in [1.29, 1.82) is 0 Å². The van der Waals surface area contributed by atoms with Crippen LogP contribution < -0.4 is 10.6 Å². The molecule has 218 valence electrons. The van der Waals surface area contributed by atoms with Crippen molar-refractivity contribution >= 4 is 46.0 Å². The van der Waals surface area contributed by atoms with Gasteiger partial charge in [0, 0.05) is 61.7 Å². The van der Waals surface area contributed by atoms with Gasteiger partial charge in [0.1, 0.15) is 9.88 Å². The molecule has 0 atom stereocenters. The van der Waals surface area contributed by atoms with E-state index < -0.39 is 35.6 Å². The zero-order valence-corrected chi connectivity index (χ0v) is 23.7. The van der Waals surface area contributed by atoms with E-state index in [0.717, 1.165) is 11.6 Å². The van der Waals surface area contributed by atoms with Crippen LogP contribution in [0.2, 0.25) is 0 Å². The Kier molecular flexibility index (Phi) is 8.44. The number of rotatable bonds is 6. The average molecular weight is 594 g/mol. The summed E-state index contributed by atoms with van der Waals surface area (Å²) in [7, 11) is 0. The number of allylic oxidation sites excluding steroid dienone is 1. The first-order valence-corrected chi connectivity index (χ1v) is 14.2. The zero-order chi connectivity index (χ0) is 29.9. The van der Waals surface area contributed by atoms with Gasteiger partial charge >= 0.3 is 0 Å². The molecule has 0 aliphatic carbocycles. The second-order valence-electron chi connectivity index (χ2n) is 10.0. The number of likely N-dealkylation sites (tertiary alicyclic amines) is 1. The Hall–Kier alpha value is -4.45. The Morgan fingerprint density at radius 2 is 1.76 bits per heavy atom. The topological polar surface area (TPSA) is 118 Å². The van der Waals surface area contributed by atoms with E-state index in [1.54, 1.807) is 25.1 Å². The van der Waals surface area contributed by atoms with Crippen LogP contribution in [0.1, 0.15) is 40.2 Å². The number of hydrogen-bond acceptors (Lipinski definition) is 7. The van der Waals surface area contributed by atoms with Crippen molar-refractivity contribution in [2.75, 3.05) is 31.1 Å². The lowest BCUT2D eigenvalue weighted by atomic mass is 9.96. The Bertz CT molecular complexity index is 1560. The second-order valence-corrected chi connectivity index (χ2v) is 11.0. The van der Waals surface area contributed by atoms with Crippen molar-refractivity contribution in [3.63, 3.8) is 0 Å². The average Bonchev–Trinajstić information content (AvgIpc) is 3.33. The summed E-state index contributed by atoms with van der Waals surface area (Å²) in [4.78, 5) is 50.5. The standard InChI is InChI=1S/C30H29F2N5O4S/c1-19-27(42-28(34-19)20-7-3-2-4-8-20)29(40)37-16-13-30(31,32)23(22-9-5-6-10-24(22)37)17-26(39)36-14-11-21(12-15-36)35-41-18-25(33)38/h2-10,17H,11-16,18H2,1H3,(H2,33,38)/b23-17-. The lowest BCUT2D eigenvalue weighted by Crippen LogP contribution is -2.38. The van der Waals surface area contributed by atoms with Crippen LogP contribution in [0.4, 0.5) is 14.5 Å². The number of carbonyl (C=O) groups excluding carboxylic acids is 3. The third kappa shape index (κ3) is 6.23. The minimum atomic E-state index is -3.36. The summed E-state index contributed by atoms with van der Waals surface area (Å²) in [5.74, 6) is -4.97.